The number of hydrogen-bond acceptors (Lipinski definition) is 2. The number of rotatable bonds is 2. The molecule has 0 saturated heterocycles. The van der Waals surface area contributed by atoms with Gasteiger partial charge in [0, 0.05) is 26.2 Å². The van der Waals surface area contributed by atoms with Crippen LogP contribution in [0.3, 0.4) is 0 Å². The number of carbonyl (C=O) groups is 2. The summed E-state index contributed by atoms with van der Waals surface area (Å²) in [6.07, 6.45) is 0.184. The maximum absolute atomic E-state index is 12.3. The lowest BCUT2D eigenvalue weighted by molar-refractivity contribution is -0.128. The Kier molecular flexibility index (Phi) is 2.65. The summed E-state index contributed by atoms with van der Waals surface area (Å²) < 4.78 is 0. The number of nitrogens with zero attached hydrogens (tertiary/aromatic N) is 1. The smallest absolute Gasteiger partial charge is 0.237 e. The minimum absolute atomic E-state index is 0.0256. The van der Waals surface area contributed by atoms with E-state index < -0.39 is 5.41 Å². The number of anilines is 1. The summed E-state index contributed by atoms with van der Waals surface area (Å²) in [5.41, 5.74) is 1.07. The highest BCUT2D eigenvalue weighted by molar-refractivity contribution is 6.09. The van der Waals surface area contributed by atoms with Gasteiger partial charge in [0.1, 0.15) is 0 Å². The Bertz CT molecular complexity index is 484. The zero-order valence-corrected chi connectivity index (χ0v) is 10.3. The second-order valence-corrected chi connectivity index (χ2v) is 4.56. The normalized spacial score (nSPS) is 22.5. The quantitative estimate of drug-likeness (QED) is 0.828. The third kappa shape index (κ3) is 1.60. The van der Waals surface area contributed by atoms with Crippen LogP contribution in [0.1, 0.15) is 18.9 Å². The summed E-state index contributed by atoms with van der Waals surface area (Å²) in [6, 6.07) is 7.61. The zero-order valence-electron chi connectivity index (χ0n) is 10.3. The van der Waals surface area contributed by atoms with Gasteiger partial charge in [-0.05, 0) is 18.6 Å². The maximum Gasteiger partial charge on any atom is 0.237 e. The summed E-state index contributed by atoms with van der Waals surface area (Å²) in [5.74, 6) is -0.145. The van der Waals surface area contributed by atoms with Crippen LogP contribution in [0.4, 0.5) is 5.69 Å². The molecule has 1 aromatic rings. The monoisotopic (exact) mass is 232 g/mol. The first-order valence-electron chi connectivity index (χ1n) is 5.59. The molecule has 2 rings (SSSR count). The fourth-order valence-electron chi connectivity index (χ4n) is 2.41. The molecule has 1 atom stereocenters. The SMILES string of the molecule is CNC(=O)CC1(C)C(=O)N(C)c2ccccc21. The third-order valence-corrected chi connectivity index (χ3v) is 3.43. The molecule has 90 valence electrons. The van der Waals surface area contributed by atoms with Gasteiger partial charge in [0.25, 0.3) is 0 Å². The first-order chi connectivity index (χ1) is 8.00. The summed E-state index contributed by atoms with van der Waals surface area (Å²) in [6.45, 7) is 1.83. The van der Waals surface area contributed by atoms with Gasteiger partial charge in [-0.2, -0.15) is 0 Å². The Morgan fingerprint density at radius 2 is 2.06 bits per heavy atom. The van der Waals surface area contributed by atoms with Gasteiger partial charge in [-0.25, -0.2) is 0 Å². The minimum atomic E-state index is -0.745. The maximum atomic E-state index is 12.3. The molecule has 0 spiro atoms. The van der Waals surface area contributed by atoms with Crippen molar-refractivity contribution in [2.24, 2.45) is 0 Å². The summed E-state index contributed by atoms with van der Waals surface area (Å²) in [7, 11) is 3.33. The second-order valence-electron chi connectivity index (χ2n) is 4.56. The summed E-state index contributed by atoms with van der Waals surface area (Å²) in [5, 5.41) is 2.57. The van der Waals surface area contributed by atoms with Crippen molar-refractivity contribution in [3.05, 3.63) is 29.8 Å². The molecular formula is C13H16N2O2. The lowest BCUT2D eigenvalue weighted by atomic mass is 9.80. The topological polar surface area (TPSA) is 49.4 Å². The molecular weight excluding hydrogens is 216 g/mol. The lowest BCUT2D eigenvalue weighted by Gasteiger charge is -2.22. The van der Waals surface area contributed by atoms with Crippen molar-refractivity contribution >= 4 is 17.5 Å². The van der Waals surface area contributed by atoms with Gasteiger partial charge in [0.15, 0.2) is 0 Å². The van der Waals surface area contributed by atoms with Crippen molar-refractivity contribution in [3.63, 3.8) is 0 Å². The van der Waals surface area contributed by atoms with Crippen molar-refractivity contribution in [2.45, 2.75) is 18.8 Å². The Morgan fingerprint density at radius 1 is 1.41 bits per heavy atom. The van der Waals surface area contributed by atoms with E-state index in [0.29, 0.717) is 0 Å². The Hall–Kier alpha value is -1.84. The van der Waals surface area contributed by atoms with Gasteiger partial charge in [-0.15, -0.1) is 0 Å². The summed E-state index contributed by atoms with van der Waals surface area (Å²) in [4.78, 5) is 25.5. The predicted octanol–water partition coefficient (Wildman–Crippen LogP) is 1.06. The minimum Gasteiger partial charge on any atom is -0.359 e. The van der Waals surface area contributed by atoms with Crippen LogP contribution in [-0.2, 0) is 15.0 Å². The number of benzene rings is 1. The van der Waals surface area contributed by atoms with Crippen LogP contribution in [-0.4, -0.2) is 25.9 Å². The van der Waals surface area contributed by atoms with E-state index in [-0.39, 0.29) is 18.2 Å². The van der Waals surface area contributed by atoms with Crippen LogP contribution in [0.15, 0.2) is 24.3 Å². The van der Waals surface area contributed by atoms with E-state index in [1.54, 1.807) is 19.0 Å². The molecule has 4 heteroatoms. The largest absolute Gasteiger partial charge is 0.359 e. The highest BCUT2D eigenvalue weighted by Gasteiger charge is 2.46. The molecule has 0 aliphatic carbocycles. The molecule has 17 heavy (non-hydrogen) atoms. The van der Waals surface area contributed by atoms with Crippen LogP contribution < -0.4 is 10.2 Å². The van der Waals surface area contributed by atoms with Gasteiger partial charge < -0.3 is 10.2 Å². The van der Waals surface area contributed by atoms with Crippen LogP contribution in [0.2, 0.25) is 0 Å². The highest BCUT2D eigenvalue weighted by Crippen LogP contribution is 2.42. The van der Waals surface area contributed by atoms with Gasteiger partial charge in [-0.1, -0.05) is 18.2 Å². The molecule has 2 amide bonds. The van der Waals surface area contributed by atoms with E-state index in [0.717, 1.165) is 11.3 Å². The zero-order chi connectivity index (χ0) is 12.6. The van der Waals surface area contributed by atoms with E-state index in [1.165, 1.54) is 0 Å². The fourth-order valence-corrected chi connectivity index (χ4v) is 2.41. The molecule has 0 saturated carbocycles. The number of likely N-dealkylation sites (N-methyl/N-ethyl adjacent to an activating group) is 1. The van der Waals surface area contributed by atoms with E-state index >= 15 is 0 Å². The van der Waals surface area contributed by atoms with E-state index in [4.69, 9.17) is 0 Å². The van der Waals surface area contributed by atoms with Crippen LogP contribution in [0.25, 0.3) is 0 Å². The van der Waals surface area contributed by atoms with E-state index in [9.17, 15) is 9.59 Å². The van der Waals surface area contributed by atoms with Crippen LogP contribution >= 0.6 is 0 Å². The number of fused-ring (bicyclic) bond motifs is 1. The molecule has 1 aliphatic heterocycles. The second kappa shape index (κ2) is 3.87. The van der Waals surface area contributed by atoms with Crippen molar-refractivity contribution in [1.29, 1.82) is 0 Å². The Morgan fingerprint density at radius 3 is 2.71 bits per heavy atom. The van der Waals surface area contributed by atoms with Gasteiger partial charge in [0.2, 0.25) is 11.8 Å². The third-order valence-electron chi connectivity index (χ3n) is 3.43. The molecule has 1 unspecified atom stereocenters. The molecule has 1 aliphatic rings. The van der Waals surface area contributed by atoms with Crippen molar-refractivity contribution in [2.75, 3.05) is 19.0 Å². The first kappa shape index (κ1) is 11.6. The van der Waals surface area contributed by atoms with E-state index in [1.807, 2.05) is 31.2 Å². The predicted molar refractivity (Wildman–Crippen MR) is 65.9 cm³/mol. The van der Waals surface area contributed by atoms with Crippen molar-refractivity contribution in [3.8, 4) is 0 Å². The van der Waals surface area contributed by atoms with Gasteiger partial charge in [0.05, 0.1) is 5.41 Å². The Labute approximate surface area is 101 Å². The lowest BCUT2D eigenvalue weighted by Crippen LogP contribution is -2.40. The number of amides is 2. The van der Waals surface area contributed by atoms with Gasteiger partial charge >= 0.3 is 0 Å². The van der Waals surface area contributed by atoms with Crippen LogP contribution in [0.5, 0.6) is 0 Å². The highest BCUT2D eigenvalue weighted by atomic mass is 16.2. The molecule has 1 aromatic carbocycles. The van der Waals surface area contributed by atoms with Crippen molar-refractivity contribution in [1.82, 2.24) is 5.32 Å². The Balaban J connectivity index is 2.48. The average Bonchev–Trinajstić information content (AvgIpc) is 2.53. The van der Waals surface area contributed by atoms with Crippen LogP contribution in [0, 0.1) is 0 Å². The van der Waals surface area contributed by atoms with E-state index in [2.05, 4.69) is 5.32 Å². The number of carbonyl (C=O) groups excluding carboxylic acids is 2. The average molecular weight is 232 g/mol. The van der Waals surface area contributed by atoms with Crippen molar-refractivity contribution < 1.29 is 9.59 Å². The number of para-hydroxylation sites is 1. The fraction of sp³-hybridized carbons (Fsp3) is 0.385. The summed E-state index contributed by atoms with van der Waals surface area (Å²) >= 11 is 0. The molecule has 0 bridgehead atoms. The molecule has 0 aromatic heterocycles. The standard InChI is InChI=1S/C13H16N2O2/c1-13(8-11(16)14-2)9-6-4-5-7-10(9)15(3)12(13)17/h4-7H,8H2,1-3H3,(H,14,16). The number of hydrogen-bond donors (Lipinski definition) is 1. The molecule has 0 fully saturated rings. The molecule has 0 radical (unpaired) electrons. The molecule has 1 heterocycles. The van der Waals surface area contributed by atoms with Gasteiger partial charge in [-0.3, -0.25) is 9.59 Å². The first-order valence-corrected chi connectivity index (χ1v) is 5.59. The number of nitrogens with one attached hydrogen (secondary N) is 1. The molecule has 1 N–H and O–H groups in total. The molecule has 4 nitrogen and oxygen atoms in total.